The van der Waals surface area contributed by atoms with Gasteiger partial charge in [-0.15, -0.1) is 29.3 Å². The van der Waals surface area contributed by atoms with Crippen LogP contribution >= 0.6 is 0 Å². The number of phenols is 1. The maximum Gasteiger partial charge on any atom is 0.148 e. The Morgan fingerprint density at radius 3 is 2.10 bits per heavy atom. The number of rotatable bonds is 7. The third-order valence-electron chi connectivity index (χ3n) is 11.0. The van der Waals surface area contributed by atoms with Gasteiger partial charge >= 0.3 is 0 Å². The topological polar surface area (TPSA) is 50.9 Å². The van der Waals surface area contributed by atoms with Crippen LogP contribution in [0.2, 0.25) is 0 Å². The Morgan fingerprint density at radius 2 is 1.43 bits per heavy atom. The molecular weight excluding hydrogens is 926 g/mol. The summed E-state index contributed by atoms with van der Waals surface area (Å²) in [4.78, 5) is 9.81. The van der Waals surface area contributed by atoms with Crippen LogP contribution in [-0.2, 0) is 31.9 Å². The van der Waals surface area contributed by atoms with Crippen molar-refractivity contribution in [3.8, 4) is 67.5 Å². The molecule has 8 rings (SSSR count). The molecule has 0 aliphatic rings. The van der Waals surface area contributed by atoms with E-state index in [2.05, 4.69) is 62.2 Å². The molecule has 0 fully saturated rings. The number of fused-ring (bicyclic) bond motifs is 1. The predicted octanol–water partition coefficient (Wildman–Crippen LogP) is 14.9. The molecule has 1 N–H and O–H groups in total. The van der Waals surface area contributed by atoms with Crippen molar-refractivity contribution in [2.75, 3.05) is 0 Å². The van der Waals surface area contributed by atoms with Crippen molar-refractivity contribution < 1.29 is 41.3 Å². The summed E-state index contributed by atoms with van der Waals surface area (Å²) in [5.74, 6) is -0.393. The van der Waals surface area contributed by atoms with Crippen molar-refractivity contribution in [1.29, 1.82) is 0 Å². The Balaban J connectivity index is 0.00000760. The van der Waals surface area contributed by atoms with Gasteiger partial charge in [0.15, 0.2) is 0 Å². The summed E-state index contributed by atoms with van der Waals surface area (Å²) >= 11 is 0. The number of hydrogen-bond acceptors (Lipinski definition) is 3. The monoisotopic (exact) mass is 992 g/mol. The van der Waals surface area contributed by atoms with E-state index < -0.39 is 77.3 Å². The fourth-order valence-corrected chi connectivity index (χ4v) is 7.58. The average molecular weight is 993 g/mol. The largest absolute Gasteiger partial charge is 0.507 e. The second kappa shape index (κ2) is 16.7. The molecule has 0 amide bonds. The average Bonchev–Trinajstić information content (AvgIpc) is 3.67. The Hall–Kier alpha value is -5.57. The number of para-hydroxylation sites is 1. The van der Waals surface area contributed by atoms with Crippen LogP contribution in [-0.4, -0.2) is 19.6 Å². The second-order valence-electron chi connectivity index (χ2n) is 17.9. The molecule has 0 saturated carbocycles. The van der Waals surface area contributed by atoms with Crippen molar-refractivity contribution in [1.82, 2.24) is 14.5 Å². The van der Waals surface area contributed by atoms with E-state index >= 15 is 0 Å². The number of imidazole rings is 1. The molecule has 0 spiro atoms. The zero-order valence-electron chi connectivity index (χ0n) is 47.2. The molecule has 6 aromatic carbocycles. The van der Waals surface area contributed by atoms with E-state index in [1.165, 1.54) is 5.56 Å². The van der Waals surface area contributed by atoms with E-state index in [0.29, 0.717) is 39.1 Å². The number of aromatic hydroxyl groups is 1. The van der Waals surface area contributed by atoms with Gasteiger partial charge in [0, 0.05) is 44.0 Å². The quantitative estimate of drug-likeness (QED) is 0.162. The van der Waals surface area contributed by atoms with Gasteiger partial charge in [-0.2, -0.15) is 0 Å². The van der Waals surface area contributed by atoms with Crippen LogP contribution in [0.25, 0.3) is 72.7 Å². The SMILES string of the molecule is [2H]c1nc(-c2[c-]c(-c3cccc4c3nc(-c3cc(C)cc(C)c3O)n4-c3ccc(C([2H])(C)C)cc3-c3ccc(C(C)(C)C)cc3)cc(C(C)(C)C)c2)c([2H])c(-c2c([2H])c([2H])c(C([2H])([2H])[2H])c([2H])c2[2H])c1[2H].[Pt]. The summed E-state index contributed by atoms with van der Waals surface area (Å²) in [5.41, 5.74) is 7.71. The molecule has 5 heteroatoms. The van der Waals surface area contributed by atoms with Crippen LogP contribution in [0, 0.1) is 26.8 Å². The van der Waals surface area contributed by atoms with Crippen molar-refractivity contribution >= 4 is 11.0 Å². The Kier molecular flexibility index (Phi) is 8.57. The van der Waals surface area contributed by atoms with Gasteiger partial charge in [-0.1, -0.05) is 151 Å². The second-order valence-corrected chi connectivity index (χ2v) is 17.9. The first kappa shape index (κ1) is 31.3. The third-order valence-corrected chi connectivity index (χ3v) is 11.0. The Bertz CT molecular complexity index is 3440. The van der Waals surface area contributed by atoms with Crippen LogP contribution in [0.5, 0.6) is 5.75 Å². The van der Waals surface area contributed by atoms with Gasteiger partial charge in [0.05, 0.1) is 31.9 Å². The molecule has 312 valence electrons. The van der Waals surface area contributed by atoms with E-state index in [9.17, 15) is 6.48 Å². The van der Waals surface area contributed by atoms with Gasteiger partial charge in [-0.25, -0.2) is 4.98 Å². The molecule has 0 bridgehead atoms. The van der Waals surface area contributed by atoms with Gasteiger partial charge in [0.2, 0.25) is 0 Å². The number of phenolic OH excluding ortho intramolecular Hbond substituents is 1. The molecule has 0 saturated heterocycles. The fraction of sp³-hybridized carbons (Fsp3) is 0.250. The Labute approximate surface area is 392 Å². The van der Waals surface area contributed by atoms with Crippen LogP contribution in [0.1, 0.15) is 110 Å². The molecule has 0 unspecified atom stereocenters. The number of aromatic nitrogens is 3. The van der Waals surface area contributed by atoms with Crippen LogP contribution in [0.15, 0.2) is 127 Å². The maximum atomic E-state index is 11.9. The zero-order chi connectivity index (χ0) is 52.2. The first-order chi connectivity index (χ1) is 32.9. The maximum absolute atomic E-state index is 11.9. The molecule has 2 heterocycles. The van der Waals surface area contributed by atoms with Crippen molar-refractivity contribution in [2.24, 2.45) is 0 Å². The van der Waals surface area contributed by atoms with E-state index in [1.54, 1.807) is 6.07 Å². The molecule has 2 aromatic heterocycles. The fourth-order valence-electron chi connectivity index (χ4n) is 7.58. The molecule has 0 atom stereocenters. The molecule has 0 radical (unpaired) electrons. The number of hydrogen-bond donors (Lipinski definition) is 1. The van der Waals surface area contributed by atoms with Crippen molar-refractivity contribution in [3.63, 3.8) is 0 Å². The van der Waals surface area contributed by atoms with E-state index in [1.807, 2.05) is 102 Å². The number of nitrogens with zero attached hydrogens (tertiary/aromatic N) is 3. The van der Waals surface area contributed by atoms with Crippen molar-refractivity contribution in [3.05, 3.63) is 167 Å². The molecule has 0 aliphatic heterocycles. The molecule has 8 aromatic rings. The minimum atomic E-state index is -2.97. The van der Waals surface area contributed by atoms with Crippen LogP contribution in [0.3, 0.4) is 0 Å². The van der Waals surface area contributed by atoms with Crippen LogP contribution < -0.4 is 0 Å². The van der Waals surface area contributed by atoms with Gasteiger partial charge in [-0.05, 0) is 107 Å². The molecular formula is C56H56N3OPt-. The first-order valence-electron chi connectivity index (χ1n) is 25.7. The summed E-state index contributed by atoms with van der Waals surface area (Å²) in [5, 5.41) is 11.9. The third kappa shape index (κ3) is 8.66. The summed E-state index contributed by atoms with van der Waals surface area (Å²) < 4.78 is 96.9. The first-order valence-corrected chi connectivity index (χ1v) is 20.2. The van der Waals surface area contributed by atoms with E-state index in [0.717, 1.165) is 33.5 Å². The molecule has 4 nitrogen and oxygen atoms in total. The van der Waals surface area contributed by atoms with Gasteiger partial charge < -0.3 is 5.11 Å². The number of aryl methyl sites for hydroxylation is 2. The standard InChI is InChI=1S/C56H56N3O.Pt/c1-34(2)40-21-24-50(47(32-40)39-19-22-44(23-20-39)55(6,7)8)59-51-14-12-13-46(52(51)58-54(59)48-28-36(4)27-37(5)53(48)60)42-29-43(31-45(30-42)56(9,10)11)49-33-41(25-26-57-49)38-17-15-35(3)16-18-38;/h12-28,30-34,60H,1-11H3;/q-1;/i3D3,15D,16D,17D,18D,25D,26D,33D,34D;. The summed E-state index contributed by atoms with van der Waals surface area (Å²) in [6.45, 7) is 17.1. The number of pyridine rings is 1. The predicted molar refractivity (Wildman–Crippen MR) is 252 cm³/mol. The minimum absolute atomic E-state index is 0. The zero-order valence-corrected chi connectivity index (χ0v) is 38.5. The molecule has 0 aliphatic carbocycles. The smallest absolute Gasteiger partial charge is 0.148 e. The van der Waals surface area contributed by atoms with Gasteiger partial charge in [0.1, 0.15) is 11.6 Å². The number of benzene rings is 6. The normalized spacial score (nSPS) is 14.9. The van der Waals surface area contributed by atoms with Gasteiger partial charge in [0.25, 0.3) is 0 Å². The Morgan fingerprint density at radius 1 is 0.721 bits per heavy atom. The summed E-state index contributed by atoms with van der Waals surface area (Å²) in [6.07, 6.45) is -0.596. The van der Waals surface area contributed by atoms with E-state index in [-0.39, 0.29) is 43.5 Å². The minimum Gasteiger partial charge on any atom is -0.507 e. The summed E-state index contributed by atoms with van der Waals surface area (Å²) in [6, 6.07) is 27.1. The van der Waals surface area contributed by atoms with Gasteiger partial charge in [-0.3, -0.25) is 9.55 Å². The van der Waals surface area contributed by atoms with Crippen LogP contribution in [0.4, 0.5) is 0 Å². The summed E-state index contributed by atoms with van der Waals surface area (Å²) in [7, 11) is 0. The van der Waals surface area contributed by atoms with Crippen molar-refractivity contribution in [2.45, 2.75) is 92.8 Å². The molecule has 61 heavy (non-hydrogen) atoms. The van der Waals surface area contributed by atoms with E-state index in [4.69, 9.17) is 18.7 Å².